The van der Waals surface area contributed by atoms with Crippen LogP contribution in [0.5, 0.6) is 0 Å². The van der Waals surface area contributed by atoms with Gasteiger partial charge in [-0.05, 0) is 12.8 Å². The third-order valence-corrected chi connectivity index (χ3v) is 3.85. The second kappa shape index (κ2) is 4.51. The van der Waals surface area contributed by atoms with Crippen molar-refractivity contribution >= 4 is 27.9 Å². The van der Waals surface area contributed by atoms with Gasteiger partial charge in [0.25, 0.3) is 0 Å². The zero-order valence-corrected chi connectivity index (χ0v) is 10.1. The lowest BCUT2D eigenvalue weighted by molar-refractivity contribution is -0.121. The lowest BCUT2D eigenvalue weighted by Crippen LogP contribution is -2.58. The number of rotatable bonds is 1. The van der Waals surface area contributed by atoms with E-state index in [-0.39, 0.29) is 16.8 Å². The van der Waals surface area contributed by atoms with Crippen LogP contribution in [0, 0.1) is 0 Å². The molecule has 3 amide bonds. The number of hydrogen-bond acceptors (Lipinski definition) is 2. The summed E-state index contributed by atoms with van der Waals surface area (Å²) in [4.78, 5) is 24.4. The lowest BCUT2D eigenvalue weighted by atomic mass is 9.94. The second-order valence-corrected chi connectivity index (χ2v) is 5.31. The van der Waals surface area contributed by atoms with Crippen LogP contribution in [-0.4, -0.2) is 34.3 Å². The zero-order valence-electron chi connectivity index (χ0n) is 8.54. The van der Waals surface area contributed by atoms with Crippen molar-refractivity contribution in [1.82, 2.24) is 10.2 Å². The number of amides is 3. The summed E-state index contributed by atoms with van der Waals surface area (Å²) in [6, 6.07) is 0.106. The first-order chi connectivity index (χ1) is 7.18. The van der Waals surface area contributed by atoms with Gasteiger partial charge >= 0.3 is 6.03 Å². The van der Waals surface area contributed by atoms with E-state index in [9.17, 15) is 9.59 Å². The minimum Gasteiger partial charge on any atom is -0.320 e. The zero-order chi connectivity index (χ0) is 10.8. The number of urea groups is 1. The first-order valence-corrected chi connectivity index (χ1v) is 6.35. The highest BCUT2D eigenvalue weighted by Crippen LogP contribution is 2.24. The van der Waals surface area contributed by atoms with Crippen LogP contribution in [0.2, 0.25) is 0 Å². The van der Waals surface area contributed by atoms with Gasteiger partial charge in [-0.25, -0.2) is 4.79 Å². The number of carbonyl (C=O) groups excluding carboxylic acids is 2. The molecule has 0 radical (unpaired) electrons. The van der Waals surface area contributed by atoms with E-state index in [1.165, 1.54) is 19.3 Å². The van der Waals surface area contributed by atoms with Crippen molar-refractivity contribution in [1.29, 1.82) is 0 Å². The van der Waals surface area contributed by atoms with Gasteiger partial charge in [0.15, 0.2) is 0 Å². The molecule has 0 aromatic rings. The van der Waals surface area contributed by atoms with Crippen LogP contribution >= 0.6 is 15.9 Å². The molecule has 1 N–H and O–H groups in total. The molecule has 0 unspecified atom stereocenters. The summed E-state index contributed by atoms with van der Waals surface area (Å²) < 4.78 is 0. The Bertz CT molecular complexity index is 277. The standard InChI is InChI=1S/C10H15BrN2O2/c11-8-6-13(10(15)12-9(8)14)7-4-2-1-3-5-7/h7-8H,1-6H2,(H,12,14,15)/t8-/m0/s1. The smallest absolute Gasteiger partial charge is 0.320 e. The minimum absolute atomic E-state index is 0.216. The maximum absolute atomic E-state index is 11.6. The van der Waals surface area contributed by atoms with Crippen molar-refractivity contribution in [3.8, 4) is 0 Å². The number of carbonyl (C=O) groups is 2. The Hall–Kier alpha value is -0.580. The molecule has 2 aliphatic rings. The summed E-state index contributed by atoms with van der Waals surface area (Å²) in [6.45, 7) is 0.509. The second-order valence-electron chi connectivity index (χ2n) is 4.21. The summed E-state index contributed by atoms with van der Waals surface area (Å²) in [5.74, 6) is -0.216. The summed E-state index contributed by atoms with van der Waals surface area (Å²) in [7, 11) is 0. The number of nitrogens with one attached hydrogen (secondary N) is 1. The highest BCUT2D eigenvalue weighted by Gasteiger charge is 2.34. The molecule has 1 saturated carbocycles. The normalized spacial score (nSPS) is 29.1. The van der Waals surface area contributed by atoms with E-state index >= 15 is 0 Å². The van der Waals surface area contributed by atoms with E-state index in [1.54, 1.807) is 4.90 Å². The topological polar surface area (TPSA) is 49.4 Å². The summed E-state index contributed by atoms with van der Waals surface area (Å²) in [5.41, 5.74) is 0. The fourth-order valence-corrected chi connectivity index (χ4v) is 2.73. The van der Waals surface area contributed by atoms with E-state index < -0.39 is 0 Å². The molecule has 2 rings (SSSR count). The van der Waals surface area contributed by atoms with Crippen LogP contribution in [0.4, 0.5) is 4.79 Å². The van der Waals surface area contributed by atoms with Crippen molar-refractivity contribution in [2.24, 2.45) is 0 Å². The predicted molar refractivity (Wildman–Crippen MR) is 59.8 cm³/mol. The molecule has 0 spiro atoms. The number of halogens is 1. The molecule has 1 saturated heterocycles. The van der Waals surface area contributed by atoms with Gasteiger partial charge in [-0.1, -0.05) is 35.2 Å². The van der Waals surface area contributed by atoms with E-state index in [1.807, 2.05) is 0 Å². The Morgan fingerprint density at radius 2 is 1.87 bits per heavy atom. The molecule has 5 heteroatoms. The fourth-order valence-electron chi connectivity index (χ4n) is 2.30. The van der Waals surface area contributed by atoms with Gasteiger partial charge in [0.05, 0.1) is 0 Å². The molecule has 0 aromatic carbocycles. The Morgan fingerprint density at radius 1 is 1.20 bits per heavy atom. The van der Waals surface area contributed by atoms with Crippen LogP contribution < -0.4 is 5.32 Å². The monoisotopic (exact) mass is 274 g/mol. The molecular weight excluding hydrogens is 260 g/mol. The Kier molecular flexibility index (Phi) is 3.29. The molecule has 1 aliphatic carbocycles. The van der Waals surface area contributed by atoms with Gasteiger partial charge in [0.2, 0.25) is 5.91 Å². The molecule has 0 bridgehead atoms. The number of nitrogens with zero attached hydrogens (tertiary/aromatic N) is 1. The molecule has 1 aliphatic heterocycles. The fraction of sp³-hybridized carbons (Fsp3) is 0.800. The van der Waals surface area contributed by atoms with Crippen LogP contribution in [0.15, 0.2) is 0 Å². The van der Waals surface area contributed by atoms with Gasteiger partial charge in [-0.15, -0.1) is 0 Å². The van der Waals surface area contributed by atoms with Crippen LogP contribution in [0.1, 0.15) is 32.1 Å². The van der Waals surface area contributed by atoms with E-state index in [0.717, 1.165) is 12.8 Å². The molecule has 0 aromatic heterocycles. The number of alkyl halides is 1. The van der Waals surface area contributed by atoms with Gasteiger partial charge in [0, 0.05) is 12.6 Å². The average Bonchev–Trinajstić information content (AvgIpc) is 2.25. The third-order valence-electron chi connectivity index (χ3n) is 3.15. The van der Waals surface area contributed by atoms with Crippen molar-refractivity contribution in [2.45, 2.75) is 43.0 Å². The molecule has 84 valence electrons. The van der Waals surface area contributed by atoms with Crippen molar-refractivity contribution in [2.75, 3.05) is 6.54 Å². The molecule has 1 heterocycles. The minimum atomic E-state index is -0.253. The van der Waals surface area contributed by atoms with Gasteiger partial charge in [-0.2, -0.15) is 0 Å². The Morgan fingerprint density at radius 3 is 2.53 bits per heavy atom. The van der Waals surface area contributed by atoms with Crippen LogP contribution in [0.25, 0.3) is 0 Å². The number of hydrogen-bond donors (Lipinski definition) is 1. The maximum atomic E-state index is 11.6. The van der Waals surface area contributed by atoms with E-state index in [2.05, 4.69) is 21.2 Å². The summed E-state index contributed by atoms with van der Waals surface area (Å²) in [6.07, 6.45) is 5.79. The van der Waals surface area contributed by atoms with Crippen molar-refractivity contribution < 1.29 is 9.59 Å². The molecule has 1 atom stereocenters. The van der Waals surface area contributed by atoms with Crippen LogP contribution in [0.3, 0.4) is 0 Å². The summed E-state index contributed by atoms with van der Waals surface area (Å²) in [5, 5.41) is 2.38. The van der Waals surface area contributed by atoms with Gasteiger partial charge in [-0.3, -0.25) is 10.1 Å². The van der Waals surface area contributed by atoms with Gasteiger partial charge < -0.3 is 4.90 Å². The van der Waals surface area contributed by atoms with E-state index in [0.29, 0.717) is 12.6 Å². The predicted octanol–water partition coefficient (Wildman–Crippen LogP) is 1.63. The highest BCUT2D eigenvalue weighted by molar-refractivity contribution is 9.10. The maximum Gasteiger partial charge on any atom is 0.324 e. The van der Waals surface area contributed by atoms with E-state index in [4.69, 9.17) is 0 Å². The van der Waals surface area contributed by atoms with Crippen LogP contribution in [-0.2, 0) is 4.79 Å². The lowest BCUT2D eigenvalue weighted by Gasteiger charge is -2.37. The number of imide groups is 1. The van der Waals surface area contributed by atoms with Crippen molar-refractivity contribution in [3.05, 3.63) is 0 Å². The average molecular weight is 275 g/mol. The largest absolute Gasteiger partial charge is 0.324 e. The molecule has 15 heavy (non-hydrogen) atoms. The third kappa shape index (κ3) is 2.33. The van der Waals surface area contributed by atoms with Gasteiger partial charge in [0.1, 0.15) is 4.83 Å². The quantitative estimate of drug-likeness (QED) is 0.739. The Balaban J connectivity index is 2.01. The van der Waals surface area contributed by atoms with Crippen molar-refractivity contribution in [3.63, 3.8) is 0 Å². The molecular formula is C10H15BrN2O2. The molecule has 4 nitrogen and oxygen atoms in total. The first-order valence-electron chi connectivity index (χ1n) is 5.44. The summed E-state index contributed by atoms with van der Waals surface area (Å²) >= 11 is 3.28. The first kappa shape index (κ1) is 10.9. The highest BCUT2D eigenvalue weighted by atomic mass is 79.9. The molecule has 2 fully saturated rings. The Labute approximate surface area is 97.5 Å². The SMILES string of the molecule is O=C1NC(=O)N(C2CCCCC2)C[C@@H]1Br.